The number of hydrogen-bond acceptors (Lipinski definition) is 3. The van der Waals surface area contributed by atoms with Crippen molar-refractivity contribution in [3.63, 3.8) is 0 Å². The summed E-state index contributed by atoms with van der Waals surface area (Å²) in [7, 11) is 0. The van der Waals surface area contributed by atoms with Crippen LogP contribution in [0.3, 0.4) is 0 Å². The molecule has 0 radical (unpaired) electrons. The number of nitrogens with one attached hydrogen (secondary N) is 1. The molecule has 1 aliphatic heterocycles. The highest BCUT2D eigenvalue weighted by atomic mass is 19.4. The molecule has 1 saturated heterocycles. The molecule has 0 spiro atoms. The number of amides is 2. The lowest BCUT2D eigenvalue weighted by atomic mass is 10.2. The third-order valence-electron chi connectivity index (χ3n) is 2.95. The quantitative estimate of drug-likeness (QED) is 0.784. The lowest BCUT2D eigenvalue weighted by Gasteiger charge is -2.36. The van der Waals surface area contributed by atoms with Gasteiger partial charge in [-0.05, 0) is 6.92 Å². The first-order chi connectivity index (χ1) is 8.70. The summed E-state index contributed by atoms with van der Waals surface area (Å²) in [6, 6.07) is -1.44. The van der Waals surface area contributed by atoms with E-state index in [1.165, 1.54) is 11.8 Å². The first-order valence-electron chi connectivity index (χ1n) is 5.77. The smallest absolute Gasteiger partial charge is 0.405 e. The van der Waals surface area contributed by atoms with Gasteiger partial charge in [0.15, 0.2) is 0 Å². The van der Waals surface area contributed by atoms with Crippen LogP contribution in [0.2, 0.25) is 0 Å². The zero-order valence-corrected chi connectivity index (χ0v) is 10.4. The summed E-state index contributed by atoms with van der Waals surface area (Å²) in [5, 5.41) is 10.6. The van der Waals surface area contributed by atoms with Crippen molar-refractivity contribution in [3.8, 4) is 0 Å². The number of nitrogens with zero attached hydrogens (tertiary/aromatic N) is 2. The lowest BCUT2D eigenvalue weighted by molar-refractivity contribution is -0.143. The Morgan fingerprint density at radius 2 is 1.79 bits per heavy atom. The summed E-state index contributed by atoms with van der Waals surface area (Å²) in [5.41, 5.74) is 0. The fraction of sp³-hybridized carbons (Fsp3) is 0.800. The van der Waals surface area contributed by atoms with Crippen molar-refractivity contribution < 1.29 is 27.9 Å². The Bertz CT molecular complexity index is 341. The Balaban J connectivity index is 2.37. The van der Waals surface area contributed by atoms with Crippen molar-refractivity contribution >= 4 is 12.0 Å². The molecular weight excluding hydrogens is 267 g/mol. The van der Waals surface area contributed by atoms with Crippen LogP contribution < -0.4 is 5.32 Å². The summed E-state index contributed by atoms with van der Waals surface area (Å²) in [6.45, 7) is 1.24. The van der Waals surface area contributed by atoms with Gasteiger partial charge in [-0.1, -0.05) is 0 Å². The number of piperazine rings is 1. The number of carboxylic acid groups (broad SMARTS) is 1. The van der Waals surface area contributed by atoms with Crippen LogP contribution in [0.25, 0.3) is 0 Å². The van der Waals surface area contributed by atoms with Crippen molar-refractivity contribution in [3.05, 3.63) is 0 Å². The van der Waals surface area contributed by atoms with E-state index in [9.17, 15) is 22.8 Å². The third kappa shape index (κ3) is 4.93. The second-order valence-corrected chi connectivity index (χ2v) is 4.31. The van der Waals surface area contributed by atoms with Crippen molar-refractivity contribution in [1.29, 1.82) is 0 Å². The standard InChI is InChI=1S/C10H16F3N3O3/c1-7(8(17)18)15-2-4-16(5-3-15)9(19)14-6-10(11,12)13/h7H,2-6H2,1H3,(H,14,19)(H,17,18). The SMILES string of the molecule is CC(C(=O)O)N1CCN(C(=O)NCC(F)(F)F)CC1. The summed E-state index contributed by atoms with van der Waals surface area (Å²) >= 11 is 0. The zero-order chi connectivity index (χ0) is 14.6. The van der Waals surface area contributed by atoms with Gasteiger partial charge < -0.3 is 15.3 Å². The van der Waals surface area contributed by atoms with E-state index in [1.807, 2.05) is 0 Å². The number of aliphatic carboxylic acids is 1. The van der Waals surface area contributed by atoms with Crippen LogP contribution in [0.4, 0.5) is 18.0 Å². The van der Waals surface area contributed by atoms with Gasteiger partial charge in [0.05, 0.1) is 0 Å². The van der Waals surface area contributed by atoms with E-state index in [0.29, 0.717) is 13.1 Å². The van der Waals surface area contributed by atoms with Gasteiger partial charge >= 0.3 is 18.2 Å². The Morgan fingerprint density at radius 1 is 1.26 bits per heavy atom. The van der Waals surface area contributed by atoms with Gasteiger partial charge in [0.25, 0.3) is 0 Å². The summed E-state index contributed by atoms with van der Waals surface area (Å²) in [4.78, 5) is 25.1. The maximum Gasteiger partial charge on any atom is 0.405 e. The third-order valence-corrected chi connectivity index (χ3v) is 2.95. The molecule has 9 heteroatoms. The van der Waals surface area contributed by atoms with E-state index in [-0.39, 0.29) is 13.1 Å². The van der Waals surface area contributed by atoms with Crippen molar-refractivity contribution in [2.24, 2.45) is 0 Å². The first-order valence-corrected chi connectivity index (χ1v) is 5.77. The normalized spacial score (nSPS) is 19.1. The predicted molar refractivity (Wildman–Crippen MR) is 59.7 cm³/mol. The molecule has 1 atom stereocenters. The molecule has 6 nitrogen and oxygen atoms in total. The molecule has 0 aromatic rings. The van der Waals surface area contributed by atoms with Gasteiger partial charge in [-0.15, -0.1) is 0 Å². The van der Waals surface area contributed by atoms with Crippen LogP contribution in [-0.2, 0) is 4.79 Å². The molecule has 110 valence electrons. The van der Waals surface area contributed by atoms with E-state index in [4.69, 9.17) is 5.11 Å². The molecule has 1 rings (SSSR count). The number of carboxylic acids is 1. The van der Waals surface area contributed by atoms with Gasteiger partial charge in [0.1, 0.15) is 12.6 Å². The summed E-state index contributed by atoms with van der Waals surface area (Å²) < 4.78 is 35.8. The molecule has 0 bridgehead atoms. The second-order valence-electron chi connectivity index (χ2n) is 4.31. The molecule has 2 amide bonds. The van der Waals surface area contributed by atoms with E-state index < -0.39 is 30.8 Å². The minimum absolute atomic E-state index is 0.210. The van der Waals surface area contributed by atoms with Crippen molar-refractivity contribution in [1.82, 2.24) is 15.1 Å². The minimum Gasteiger partial charge on any atom is -0.480 e. The highest BCUT2D eigenvalue weighted by Crippen LogP contribution is 2.13. The van der Waals surface area contributed by atoms with Crippen LogP contribution in [0.1, 0.15) is 6.92 Å². The Morgan fingerprint density at radius 3 is 2.21 bits per heavy atom. The number of halogens is 3. The highest BCUT2D eigenvalue weighted by molar-refractivity contribution is 5.75. The van der Waals surface area contributed by atoms with Gasteiger partial charge in [-0.2, -0.15) is 13.2 Å². The molecule has 1 fully saturated rings. The van der Waals surface area contributed by atoms with Gasteiger partial charge in [-0.3, -0.25) is 9.69 Å². The molecule has 2 N–H and O–H groups in total. The van der Waals surface area contributed by atoms with E-state index in [0.717, 1.165) is 0 Å². The molecule has 1 aliphatic rings. The topological polar surface area (TPSA) is 72.9 Å². The van der Waals surface area contributed by atoms with E-state index >= 15 is 0 Å². The summed E-state index contributed by atoms with van der Waals surface area (Å²) in [6.07, 6.45) is -4.44. The van der Waals surface area contributed by atoms with Crippen LogP contribution in [0.5, 0.6) is 0 Å². The Kier molecular flexibility index (Phi) is 4.98. The number of carbonyl (C=O) groups is 2. The lowest BCUT2D eigenvalue weighted by Crippen LogP contribution is -2.55. The number of urea groups is 1. The van der Waals surface area contributed by atoms with Crippen molar-refractivity contribution in [2.75, 3.05) is 32.7 Å². The molecular formula is C10H16F3N3O3. The van der Waals surface area contributed by atoms with Crippen LogP contribution in [-0.4, -0.2) is 71.8 Å². The largest absolute Gasteiger partial charge is 0.480 e. The fourth-order valence-corrected chi connectivity index (χ4v) is 1.76. The molecule has 0 aromatic carbocycles. The molecule has 0 aliphatic carbocycles. The zero-order valence-electron chi connectivity index (χ0n) is 10.4. The Hall–Kier alpha value is -1.51. The monoisotopic (exact) mass is 283 g/mol. The van der Waals surface area contributed by atoms with Gasteiger partial charge in [0, 0.05) is 26.2 Å². The minimum atomic E-state index is -4.44. The van der Waals surface area contributed by atoms with Crippen LogP contribution in [0, 0.1) is 0 Å². The molecule has 1 unspecified atom stereocenters. The molecule has 1 heterocycles. The van der Waals surface area contributed by atoms with Crippen LogP contribution >= 0.6 is 0 Å². The average Bonchev–Trinajstić information content (AvgIpc) is 2.34. The first kappa shape index (κ1) is 15.5. The van der Waals surface area contributed by atoms with Crippen molar-refractivity contribution in [2.45, 2.75) is 19.1 Å². The molecule has 0 saturated carbocycles. The fourth-order valence-electron chi connectivity index (χ4n) is 1.76. The molecule has 19 heavy (non-hydrogen) atoms. The second kappa shape index (κ2) is 6.09. The molecule has 0 aromatic heterocycles. The van der Waals surface area contributed by atoms with Gasteiger partial charge in [-0.25, -0.2) is 4.79 Å². The van der Waals surface area contributed by atoms with Gasteiger partial charge in [0.2, 0.25) is 0 Å². The predicted octanol–water partition coefficient (Wildman–Crippen LogP) is 0.349. The average molecular weight is 283 g/mol. The highest BCUT2D eigenvalue weighted by Gasteiger charge is 2.31. The maximum absolute atomic E-state index is 11.9. The Labute approximate surface area is 108 Å². The number of alkyl halides is 3. The van der Waals surface area contributed by atoms with E-state index in [1.54, 1.807) is 10.2 Å². The number of rotatable bonds is 3. The maximum atomic E-state index is 11.9. The number of carbonyl (C=O) groups excluding carboxylic acids is 1. The van der Waals surface area contributed by atoms with E-state index in [2.05, 4.69) is 0 Å². The number of hydrogen-bond donors (Lipinski definition) is 2. The summed E-state index contributed by atoms with van der Waals surface area (Å²) in [5.74, 6) is -0.963. The van der Waals surface area contributed by atoms with Crippen LogP contribution in [0.15, 0.2) is 0 Å².